The molecule has 5 heteroatoms. The van der Waals surface area contributed by atoms with E-state index in [0.717, 1.165) is 24.5 Å². The van der Waals surface area contributed by atoms with Gasteiger partial charge in [0.1, 0.15) is 0 Å². The summed E-state index contributed by atoms with van der Waals surface area (Å²) in [5, 5.41) is 20.7. The molecule has 0 aliphatic carbocycles. The number of carbonyl (C=O) groups is 2. The lowest BCUT2D eigenvalue weighted by Crippen LogP contribution is -2.46. The summed E-state index contributed by atoms with van der Waals surface area (Å²) in [7, 11) is 0. The van der Waals surface area contributed by atoms with Crippen molar-refractivity contribution in [1.29, 1.82) is 0 Å². The van der Waals surface area contributed by atoms with Crippen LogP contribution in [-0.4, -0.2) is 34.2 Å². The number of nitrogens with one attached hydrogen (secondary N) is 1. The first kappa shape index (κ1) is 15.2. The van der Waals surface area contributed by atoms with Gasteiger partial charge in [-0.15, -0.1) is 0 Å². The molecular formula is C14H19NO4. The first-order valence-electron chi connectivity index (χ1n) is 6.16. The molecule has 0 aromatic heterocycles. The second-order valence-corrected chi connectivity index (χ2v) is 4.65. The summed E-state index contributed by atoms with van der Waals surface area (Å²) in [6.45, 7) is 2.84. The molecule has 19 heavy (non-hydrogen) atoms. The summed E-state index contributed by atoms with van der Waals surface area (Å²) in [6.07, 6.45) is 1.01. The maximum atomic E-state index is 11.7. The van der Waals surface area contributed by atoms with Crippen molar-refractivity contribution in [2.75, 3.05) is 6.54 Å². The van der Waals surface area contributed by atoms with Gasteiger partial charge in [-0.1, -0.05) is 31.2 Å². The number of hydrogen-bond acceptors (Lipinski definition) is 3. The zero-order chi connectivity index (χ0) is 14.5. The molecule has 0 aliphatic heterocycles. The maximum absolute atomic E-state index is 11.7. The Morgan fingerprint density at radius 2 is 1.84 bits per heavy atom. The van der Waals surface area contributed by atoms with Gasteiger partial charge in [-0.2, -0.15) is 0 Å². The Kier molecular flexibility index (Phi) is 5.06. The van der Waals surface area contributed by atoms with Crippen molar-refractivity contribution in [2.24, 2.45) is 0 Å². The quantitative estimate of drug-likeness (QED) is 0.708. The van der Waals surface area contributed by atoms with Gasteiger partial charge in [0.2, 0.25) is 5.91 Å². The molecule has 0 saturated carbocycles. The molecule has 104 valence electrons. The number of carbonyl (C=O) groups excluding carboxylic acids is 1. The molecule has 1 unspecified atom stereocenters. The predicted octanol–water partition coefficient (Wildman–Crippen LogP) is 0.743. The lowest BCUT2D eigenvalue weighted by atomic mass is 10.0. The Hall–Kier alpha value is -1.88. The highest BCUT2D eigenvalue weighted by molar-refractivity contribution is 5.81. The summed E-state index contributed by atoms with van der Waals surface area (Å²) in [5.74, 6) is -1.66. The number of carboxylic acid groups (broad SMARTS) is 1. The van der Waals surface area contributed by atoms with Crippen LogP contribution in [0, 0.1) is 0 Å². The van der Waals surface area contributed by atoms with Gasteiger partial charge in [-0.3, -0.25) is 4.79 Å². The largest absolute Gasteiger partial charge is 0.479 e. The van der Waals surface area contributed by atoms with E-state index < -0.39 is 11.6 Å². The minimum absolute atomic E-state index is 0.180. The number of aliphatic carboxylic acids is 1. The molecule has 1 aromatic rings. The van der Waals surface area contributed by atoms with Gasteiger partial charge in [0, 0.05) is 0 Å². The van der Waals surface area contributed by atoms with Crippen LogP contribution in [0.5, 0.6) is 0 Å². The van der Waals surface area contributed by atoms with Crippen molar-refractivity contribution in [1.82, 2.24) is 5.32 Å². The molecule has 3 N–H and O–H groups in total. The van der Waals surface area contributed by atoms with E-state index >= 15 is 0 Å². The van der Waals surface area contributed by atoms with Crippen molar-refractivity contribution < 1.29 is 19.8 Å². The number of aryl methyl sites for hydroxylation is 1. The van der Waals surface area contributed by atoms with Gasteiger partial charge < -0.3 is 15.5 Å². The molecule has 0 aliphatic rings. The van der Waals surface area contributed by atoms with Crippen molar-refractivity contribution in [2.45, 2.75) is 32.3 Å². The molecular weight excluding hydrogens is 246 g/mol. The number of benzene rings is 1. The fourth-order valence-corrected chi connectivity index (χ4v) is 1.66. The molecule has 5 nitrogen and oxygen atoms in total. The third-order valence-corrected chi connectivity index (χ3v) is 2.94. The summed E-state index contributed by atoms with van der Waals surface area (Å²) in [5.41, 5.74) is 0.0556. The third-order valence-electron chi connectivity index (χ3n) is 2.94. The first-order chi connectivity index (χ1) is 8.86. The van der Waals surface area contributed by atoms with Crippen molar-refractivity contribution in [3.8, 4) is 0 Å². The lowest BCUT2D eigenvalue weighted by Gasteiger charge is -2.18. The third kappa shape index (κ3) is 4.37. The van der Waals surface area contributed by atoms with Gasteiger partial charge in [-0.25, -0.2) is 4.79 Å². The van der Waals surface area contributed by atoms with Crippen LogP contribution in [0.1, 0.15) is 25.0 Å². The molecule has 0 heterocycles. The number of rotatable bonds is 6. The highest BCUT2D eigenvalue weighted by atomic mass is 16.4. The Balaban J connectivity index is 2.59. The monoisotopic (exact) mass is 265 g/mol. The van der Waals surface area contributed by atoms with E-state index in [9.17, 15) is 14.7 Å². The Labute approximate surface area is 112 Å². The van der Waals surface area contributed by atoms with Crippen LogP contribution in [0.25, 0.3) is 0 Å². The van der Waals surface area contributed by atoms with Crippen LogP contribution in [0.15, 0.2) is 24.3 Å². The van der Waals surface area contributed by atoms with Crippen LogP contribution >= 0.6 is 0 Å². The smallest absolute Gasteiger partial charge is 0.337 e. The van der Waals surface area contributed by atoms with E-state index in [1.807, 2.05) is 31.2 Å². The van der Waals surface area contributed by atoms with Crippen molar-refractivity contribution in [3.63, 3.8) is 0 Å². The topological polar surface area (TPSA) is 86.6 Å². The standard InChI is InChI=1S/C14H19NO4/c1-3-10-6-4-5-7-11(10)8-12(16)15-9-14(2,19)13(17)18/h4-7,19H,3,8-9H2,1-2H3,(H,15,16)(H,17,18). The van der Waals surface area contributed by atoms with Gasteiger partial charge >= 0.3 is 5.97 Å². The number of amides is 1. The van der Waals surface area contributed by atoms with Crippen LogP contribution in [0.4, 0.5) is 0 Å². The molecule has 0 fully saturated rings. The average molecular weight is 265 g/mol. The van der Waals surface area contributed by atoms with E-state index in [2.05, 4.69) is 5.32 Å². The van der Waals surface area contributed by atoms with E-state index in [1.54, 1.807) is 0 Å². The average Bonchev–Trinajstić information content (AvgIpc) is 2.37. The highest BCUT2D eigenvalue weighted by Gasteiger charge is 2.30. The summed E-state index contributed by atoms with van der Waals surface area (Å²) < 4.78 is 0. The van der Waals surface area contributed by atoms with Gasteiger partial charge in [-0.05, 0) is 24.5 Å². The van der Waals surface area contributed by atoms with Crippen LogP contribution in [0.2, 0.25) is 0 Å². The SMILES string of the molecule is CCc1ccccc1CC(=O)NCC(C)(O)C(=O)O. The Morgan fingerprint density at radius 1 is 1.26 bits per heavy atom. The molecule has 0 bridgehead atoms. The van der Waals surface area contributed by atoms with E-state index in [1.165, 1.54) is 0 Å². The summed E-state index contributed by atoms with van der Waals surface area (Å²) in [6, 6.07) is 7.59. The molecule has 0 spiro atoms. The second-order valence-electron chi connectivity index (χ2n) is 4.65. The van der Waals surface area contributed by atoms with Crippen molar-refractivity contribution in [3.05, 3.63) is 35.4 Å². The van der Waals surface area contributed by atoms with Crippen molar-refractivity contribution >= 4 is 11.9 Å². The molecule has 1 atom stereocenters. The fraction of sp³-hybridized carbons (Fsp3) is 0.429. The predicted molar refractivity (Wildman–Crippen MR) is 70.8 cm³/mol. The second kappa shape index (κ2) is 6.33. The van der Waals surface area contributed by atoms with Gasteiger partial charge in [0.25, 0.3) is 0 Å². The number of carboxylic acids is 1. The maximum Gasteiger partial charge on any atom is 0.337 e. The van der Waals surface area contributed by atoms with E-state index in [0.29, 0.717) is 0 Å². The zero-order valence-corrected chi connectivity index (χ0v) is 11.1. The zero-order valence-electron chi connectivity index (χ0n) is 11.1. The minimum Gasteiger partial charge on any atom is -0.479 e. The Bertz CT molecular complexity index is 468. The molecule has 1 aromatic carbocycles. The van der Waals surface area contributed by atoms with Gasteiger partial charge in [0.15, 0.2) is 5.60 Å². The van der Waals surface area contributed by atoms with Crippen LogP contribution in [0.3, 0.4) is 0 Å². The lowest BCUT2D eigenvalue weighted by molar-refractivity contribution is -0.156. The fourth-order valence-electron chi connectivity index (χ4n) is 1.66. The van der Waals surface area contributed by atoms with Crippen LogP contribution < -0.4 is 5.32 Å². The molecule has 1 amide bonds. The molecule has 0 radical (unpaired) electrons. The molecule has 0 saturated heterocycles. The highest BCUT2D eigenvalue weighted by Crippen LogP contribution is 2.10. The van der Waals surface area contributed by atoms with E-state index in [-0.39, 0.29) is 18.9 Å². The first-order valence-corrected chi connectivity index (χ1v) is 6.16. The summed E-state index contributed by atoms with van der Waals surface area (Å²) in [4.78, 5) is 22.4. The number of hydrogen-bond donors (Lipinski definition) is 3. The van der Waals surface area contributed by atoms with E-state index in [4.69, 9.17) is 5.11 Å². The normalized spacial score (nSPS) is 13.6. The Morgan fingerprint density at radius 3 is 2.37 bits per heavy atom. The molecule has 1 rings (SSSR count). The summed E-state index contributed by atoms with van der Waals surface area (Å²) >= 11 is 0. The number of aliphatic hydroxyl groups is 1. The van der Waals surface area contributed by atoms with Gasteiger partial charge in [0.05, 0.1) is 13.0 Å². The van der Waals surface area contributed by atoms with Crippen LogP contribution in [-0.2, 0) is 22.4 Å². The minimum atomic E-state index is -1.94.